The van der Waals surface area contributed by atoms with Gasteiger partial charge in [-0.15, -0.1) is 0 Å². The average Bonchev–Trinajstić information content (AvgIpc) is 2.74. The zero-order valence-electron chi connectivity index (χ0n) is 12.7. The molecule has 6 nitrogen and oxygen atoms in total. The molecule has 0 bridgehead atoms. The molecule has 0 radical (unpaired) electrons. The molecule has 1 aliphatic heterocycles. The van der Waals surface area contributed by atoms with Crippen LogP contribution in [0.25, 0.3) is 0 Å². The molecule has 21 heavy (non-hydrogen) atoms. The highest BCUT2D eigenvalue weighted by Gasteiger charge is 2.44. The van der Waals surface area contributed by atoms with Gasteiger partial charge in [0.05, 0.1) is 11.1 Å². The van der Waals surface area contributed by atoms with E-state index in [9.17, 15) is 13.2 Å². The highest BCUT2D eigenvalue weighted by Crippen LogP contribution is 2.28. The lowest BCUT2D eigenvalue weighted by Crippen LogP contribution is -2.47. The van der Waals surface area contributed by atoms with Crippen LogP contribution in [0.2, 0.25) is 0 Å². The summed E-state index contributed by atoms with van der Waals surface area (Å²) in [5.74, 6) is 0. The minimum absolute atomic E-state index is 0.159. The second-order valence-corrected chi connectivity index (χ2v) is 7.34. The fourth-order valence-corrected chi connectivity index (χ4v) is 4.30. The Labute approximate surface area is 126 Å². The van der Waals surface area contributed by atoms with Crippen molar-refractivity contribution in [1.29, 1.82) is 0 Å². The summed E-state index contributed by atoms with van der Waals surface area (Å²) in [6.45, 7) is 3.90. The first kappa shape index (κ1) is 15.8. The third-order valence-electron chi connectivity index (χ3n) is 3.69. The zero-order valence-corrected chi connectivity index (χ0v) is 13.5. The van der Waals surface area contributed by atoms with E-state index in [1.54, 1.807) is 56.3 Å². The van der Waals surface area contributed by atoms with E-state index in [1.807, 2.05) is 6.92 Å². The van der Waals surface area contributed by atoms with Crippen LogP contribution in [0.5, 0.6) is 0 Å². The Morgan fingerprint density at radius 1 is 1.19 bits per heavy atom. The molecule has 2 rings (SSSR count). The standard InChI is InChI=1S/C14H21N3O3S/c1-11-10-16(12(2)17(11)14(18)15(3)4)21(19,20)13-8-6-5-7-9-13/h5-9,11-12H,10H2,1-4H3. The van der Waals surface area contributed by atoms with Gasteiger partial charge in [-0.25, -0.2) is 13.2 Å². The second-order valence-electron chi connectivity index (χ2n) is 5.45. The van der Waals surface area contributed by atoms with Crippen molar-refractivity contribution in [2.45, 2.75) is 31.0 Å². The Morgan fingerprint density at radius 2 is 1.76 bits per heavy atom. The van der Waals surface area contributed by atoms with Crippen molar-refractivity contribution in [3.8, 4) is 0 Å². The van der Waals surface area contributed by atoms with Crippen molar-refractivity contribution in [2.24, 2.45) is 0 Å². The Hall–Kier alpha value is -1.60. The quantitative estimate of drug-likeness (QED) is 0.829. The molecular weight excluding hydrogens is 290 g/mol. The van der Waals surface area contributed by atoms with Gasteiger partial charge in [-0.2, -0.15) is 4.31 Å². The van der Waals surface area contributed by atoms with E-state index in [0.29, 0.717) is 6.54 Å². The number of sulfonamides is 1. The van der Waals surface area contributed by atoms with E-state index in [-0.39, 0.29) is 17.0 Å². The third-order valence-corrected chi connectivity index (χ3v) is 5.63. The first-order valence-corrected chi connectivity index (χ1v) is 8.27. The van der Waals surface area contributed by atoms with Crippen molar-refractivity contribution in [2.75, 3.05) is 20.6 Å². The number of carbonyl (C=O) groups is 1. The monoisotopic (exact) mass is 311 g/mol. The van der Waals surface area contributed by atoms with Gasteiger partial charge in [-0.05, 0) is 26.0 Å². The van der Waals surface area contributed by atoms with Crippen LogP contribution in [0, 0.1) is 0 Å². The molecule has 2 atom stereocenters. The fourth-order valence-electron chi connectivity index (χ4n) is 2.61. The van der Waals surface area contributed by atoms with Gasteiger partial charge in [-0.1, -0.05) is 18.2 Å². The average molecular weight is 311 g/mol. The molecule has 0 N–H and O–H groups in total. The summed E-state index contributed by atoms with van der Waals surface area (Å²) in [6.07, 6.45) is -0.500. The summed E-state index contributed by atoms with van der Waals surface area (Å²) in [6, 6.07) is 7.97. The Kier molecular flexibility index (Phi) is 4.25. The number of carbonyl (C=O) groups excluding carboxylic acids is 1. The number of hydrogen-bond acceptors (Lipinski definition) is 3. The minimum atomic E-state index is -3.59. The van der Waals surface area contributed by atoms with Crippen LogP contribution in [0.15, 0.2) is 35.2 Å². The van der Waals surface area contributed by atoms with Crippen LogP contribution in [0.1, 0.15) is 13.8 Å². The first-order valence-electron chi connectivity index (χ1n) is 6.83. The maximum Gasteiger partial charge on any atom is 0.321 e. The summed E-state index contributed by atoms with van der Waals surface area (Å²) >= 11 is 0. The molecule has 0 saturated carbocycles. The van der Waals surface area contributed by atoms with Crippen molar-refractivity contribution in [1.82, 2.24) is 14.1 Å². The van der Waals surface area contributed by atoms with E-state index in [0.717, 1.165) is 0 Å². The van der Waals surface area contributed by atoms with Crippen LogP contribution >= 0.6 is 0 Å². The molecule has 2 amide bonds. The topological polar surface area (TPSA) is 60.9 Å². The number of amides is 2. The normalized spacial score (nSPS) is 23.3. The van der Waals surface area contributed by atoms with Gasteiger partial charge >= 0.3 is 6.03 Å². The predicted molar refractivity (Wildman–Crippen MR) is 80.2 cm³/mol. The summed E-state index contributed by atoms with van der Waals surface area (Å²) in [5.41, 5.74) is 0. The lowest BCUT2D eigenvalue weighted by Gasteiger charge is -2.30. The maximum absolute atomic E-state index is 12.7. The molecule has 1 aliphatic rings. The zero-order chi connectivity index (χ0) is 15.8. The molecule has 2 unspecified atom stereocenters. The molecule has 1 heterocycles. The molecule has 1 aromatic rings. The van der Waals surface area contributed by atoms with Crippen LogP contribution < -0.4 is 0 Å². The fraction of sp³-hybridized carbons (Fsp3) is 0.500. The number of benzene rings is 1. The van der Waals surface area contributed by atoms with E-state index in [4.69, 9.17) is 0 Å². The van der Waals surface area contributed by atoms with Gasteiger partial charge in [-0.3, -0.25) is 0 Å². The molecule has 0 aromatic heterocycles. The Balaban J connectivity index is 2.33. The molecule has 0 aliphatic carbocycles. The molecule has 1 aromatic carbocycles. The van der Waals surface area contributed by atoms with Crippen LogP contribution in [0.4, 0.5) is 4.79 Å². The molecule has 1 saturated heterocycles. The lowest BCUT2D eigenvalue weighted by atomic mass is 10.3. The van der Waals surface area contributed by atoms with E-state index in [1.165, 1.54) is 9.21 Å². The predicted octanol–water partition coefficient (Wildman–Crippen LogP) is 1.41. The smallest absolute Gasteiger partial charge is 0.321 e. The van der Waals surface area contributed by atoms with Gasteiger partial charge in [0.1, 0.15) is 0 Å². The summed E-state index contributed by atoms with van der Waals surface area (Å²) in [4.78, 5) is 15.5. The number of rotatable bonds is 2. The van der Waals surface area contributed by atoms with Crippen LogP contribution in [-0.4, -0.2) is 61.4 Å². The summed E-state index contributed by atoms with van der Waals surface area (Å²) in [7, 11) is -0.266. The van der Waals surface area contributed by atoms with E-state index in [2.05, 4.69) is 0 Å². The Morgan fingerprint density at radius 3 is 2.29 bits per heavy atom. The maximum atomic E-state index is 12.7. The third kappa shape index (κ3) is 2.75. The molecule has 7 heteroatoms. The highest BCUT2D eigenvalue weighted by atomic mass is 32.2. The van der Waals surface area contributed by atoms with Gasteiger partial charge in [0, 0.05) is 26.7 Å². The largest absolute Gasteiger partial charge is 0.331 e. The molecule has 116 valence electrons. The van der Waals surface area contributed by atoms with Gasteiger partial charge < -0.3 is 9.80 Å². The summed E-state index contributed by atoms with van der Waals surface area (Å²) in [5, 5.41) is 0. The van der Waals surface area contributed by atoms with Crippen molar-refractivity contribution >= 4 is 16.1 Å². The highest BCUT2D eigenvalue weighted by molar-refractivity contribution is 7.89. The first-order chi connectivity index (χ1) is 9.76. The van der Waals surface area contributed by atoms with E-state index >= 15 is 0 Å². The van der Waals surface area contributed by atoms with Crippen molar-refractivity contribution in [3.05, 3.63) is 30.3 Å². The molecular formula is C14H21N3O3S. The number of nitrogens with zero attached hydrogens (tertiary/aromatic N) is 3. The van der Waals surface area contributed by atoms with Gasteiger partial charge in [0.15, 0.2) is 0 Å². The van der Waals surface area contributed by atoms with Gasteiger partial charge in [0.2, 0.25) is 10.0 Å². The molecule has 1 fully saturated rings. The number of hydrogen-bond donors (Lipinski definition) is 0. The SMILES string of the molecule is CC1CN(S(=O)(=O)c2ccccc2)C(C)N1C(=O)N(C)C. The second kappa shape index (κ2) is 5.65. The molecule has 0 spiro atoms. The summed E-state index contributed by atoms with van der Waals surface area (Å²) < 4.78 is 26.8. The lowest BCUT2D eigenvalue weighted by molar-refractivity contribution is 0.144. The van der Waals surface area contributed by atoms with Crippen molar-refractivity contribution in [3.63, 3.8) is 0 Å². The van der Waals surface area contributed by atoms with Crippen molar-refractivity contribution < 1.29 is 13.2 Å². The number of urea groups is 1. The van der Waals surface area contributed by atoms with E-state index < -0.39 is 16.2 Å². The van der Waals surface area contributed by atoms with Crippen LogP contribution in [0.3, 0.4) is 0 Å². The Bertz CT molecular complexity index is 616. The van der Waals surface area contributed by atoms with Gasteiger partial charge in [0.25, 0.3) is 0 Å². The minimum Gasteiger partial charge on any atom is -0.331 e. The van der Waals surface area contributed by atoms with Crippen LogP contribution in [-0.2, 0) is 10.0 Å².